The molecule has 0 N–H and O–H groups in total. The van der Waals surface area contributed by atoms with Crippen LogP contribution in [0.5, 0.6) is 0 Å². The average molecular weight is 105 g/mol. The highest BCUT2D eigenvalue weighted by atomic mass is 16.5. The zero-order valence-corrected chi connectivity index (χ0v) is 5.12. The number of ether oxygens (including phenoxy) is 1. The molecule has 0 aliphatic carbocycles. The fourth-order valence-electron chi connectivity index (χ4n) is 0.0722. The van der Waals surface area contributed by atoms with Gasteiger partial charge < -0.3 is 4.74 Å². The standard InChI is InChI=1S/C6H14O/c1-5-6(2,3)7-4/h5H2,1-4H3/i4D3. The van der Waals surface area contributed by atoms with Gasteiger partial charge in [0.25, 0.3) is 0 Å². The van der Waals surface area contributed by atoms with E-state index >= 15 is 0 Å². The van der Waals surface area contributed by atoms with Gasteiger partial charge in [-0.3, -0.25) is 0 Å². The molecule has 44 valence electrons. The summed E-state index contributed by atoms with van der Waals surface area (Å²) in [6, 6.07) is 0. The monoisotopic (exact) mass is 105 g/mol. The smallest absolute Gasteiger partial charge is 0.0620 e. The Morgan fingerprint density at radius 3 is 2.43 bits per heavy atom. The van der Waals surface area contributed by atoms with Crippen molar-refractivity contribution in [3.05, 3.63) is 0 Å². The number of hydrogen-bond acceptors (Lipinski definition) is 1. The van der Waals surface area contributed by atoms with E-state index in [0.29, 0.717) is 6.42 Å². The minimum absolute atomic E-state index is 0.536. The van der Waals surface area contributed by atoms with E-state index in [1.54, 1.807) is 13.8 Å². The Kier molecular flexibility index (Phi) is 1.02. The number of rotatable bonds is 2. The van der Waals surface area contributed by atoms with Gasteiger partial charge in [-0.15, -0.1) is 0 Å². The number of methoxy groups -OCH3 is 1. The largest absolute Gasteiger partial charge is 0.379 e. The molecular weight excluding hydrogens is 88.1 g/mol. The van der Waals surface area contributed by atoms with E-state index in [4.69, 9.17) is 8.85 Å². The van der Waals surface area contributed by atoms with Crippen LogP contribution in [0.4, 0.5) is 0 Å². The fourth-order valence-corrected chi connectivity index (χ4v) is 0.0722. The first-order valence-electron chi connectivity index (χ1n) is 3.97. The lowest BCUT2D eigenvalue weighted by Gasteiger charge is -2.19. The van der Waals surface area contributed by atoms with E-state index in [2.05, 4.69) is 0 Å². The normalized spacial score (nSPS) is 20.1. The van der Waals surface area contributed by atoms with Gasteiger partial charge in [-0.1, -0.05) is 6.92 Å². The van der Waals surface area contributed by atoms with Gasteiger partial charge in [-0.2, -0.15) is 0 Å². The van der Waals surface area contributed by atoms with Crippen molar-refractivity contribution >= 4 is 0 Å². The fraction of sp³-hybridized carbons (Fsp3) is 1.00. The zero-order chi connectivity index (χ0) is 8.41. The van der Waals surface area contributed by atoms with Crippen LogP contribution in [0.15, 0.2) is 0 Å². The molecule has 0 saturated heterocycles. The molecule has 0 aromatic carbocycles. The summed E-state index contributed by atoms with van der Waals surface area (Å²) in [6.07, 6.45) is 0.700. The van der Waals surface area contributed by atoms with Gasteiger partial charge in [0.2, 0.25) is 0 Å². The molecule has 0 aromatic heterocycles. The van der Waals surface area contributed by atoms with Crippen molar-refractivity contribution in [1.29, 1.82) is 0 Å². The molecule has 0 radical (unpaired) electrons. The van der Waals surface area contributed by atoms with Crippen LogP contribution in [-0.4, -0.2) is 12.6 Å². The maximum Gasteiger partial charge on any atom is 0.0620 e. The van der Waals surface area contributed by atoms with Gasteiger partial charge in [0, 0.05) is 7.04 Å². The highest BCUT2D eigenvalue weighted by Gasteiger charge is 2.10. The number of hydrogen-bond donors (Lipinski definition) is 0. The zero-order valence-electron chi connectivity index (χ0n) is 8.12. The van der Waals surface area contributed by atoms with E-state index in [0.717, 1.165) is 0 Å². The first-order chi connectivity index (χ1) is 4.27. The second-order valence-electron chi connectivity index (χ2n) is 2.22. The van der Waals surface area contributed by atoms with Crippen molar-refractivity contribution in [3.8, 4) is 0 Å². The third-order valence-electron chi connectivity index (χ3n) is 1.13. The lowest BCUT2D eigenvalue weighted by molar-refractivity contribution is 0.0196. The van der Waals surface area contributed by atoms with Crippen LogP contribution in [0.25, 0.3) is 0 Å². The van der Waals surface area contributed by atoms with Gasteiger partial charge in [-0.25, -0.2) is 0 Å². The van der Waals surface area contributed by atoms with E-state index in [1.807, 2.05) is 6.92 Å². The summed E-state index contributed by atoms with van der Waals surface area (Å²) < 4.78 is 25.2. The summed E-state index contributed by atoms with van der Waals surface area (Å²) in [6.45, 7) is 5.42. The van der Waals surface area contributed by atoms with Crippen molar-refractivity contribution < 1.29 is 8.85 Å². The van der Waals surface area contributed by atoms with Gasteiger partial charge in [0.05, 0.1) is 9.71 Å². The molecule has 0 rings (SSSR count). The van der Waals surface area contributed by atoms with Crippen molar-refractivity contribution in [3.63, 3.8) is 0 Å². The molecule has 7 heavy (non-hydrogen) atoms. The molecule has 0 saturated carbocycles. The summed E-state index contributed by atoms with van der Waals surface area (Å²) in [5.41, 5.74) is -0.536. The van der Waals surface area contributed by atoms with E-state index < -0.39 is 12.6 Å². The molecule has 0 fully saturated rings. The molecule has 1 nitrogen and oxygen atoms in total. The van der Waals surface area contributed by atoms with Crippen LogP contribution in [-0.2, 0) is 4.74 Å². The molecule has 0 unspecified atom stereocenters. The first kappa shape index (κ1) is 3.08. The van der Waals surface area contributed by atoms with Gasteiger partial charge in [-0.05, 0) is 20.3 Å². The summed E-state index contributed by atoms with van der Waals surface area (Å²) in [4.78, 5) is 0. The van der Waals surface area contributed by atoms with Crippen LogP contribution in [0.3, 0.4) is 0 Å². The Hall–Kier alpha value is -0.0400. The Balaban J connectivity index is 3.89. The van der Waals surface area contributed by atoms with Gasteiger partial charge >= 0.3 is 0 Å². The predicted molar refractivity (Wildman–Crippen MR) is 31.4 cm³/mol. The second-order valence-corrected chi connectivity index (χ2v) is 2.22. The van der Waals surface area contributed by atoms with Crippen LogP contribution < -0.4 is 0 Å². The maximum absolute atomic E-state index is 6.80. The molecular formula is C6H14O. The van der Waals surface area contributed by atoms with Gasteiger partial charge in [0.1, 0.15) is 0 Å². The molecule has 1 heteroatoms. The van der Waals surface area contributed by atoms with E-state index in [1.165, 1.54) is 0 Å². The van der Waals surface area contributed by atoms with Crippen molar-refractivity contribution in [2.45, 2.75) is 32.8 Å². The summed E-state index contributed by atoms with van der Waals surface area (Å²) >= 11 is 0. The van der Waals surface area contributed by atoms with E-state index in [9.17, 15) is 0 Å². The summed E-state index contributed by atoms with van der Waals surface area (Å²) in [7, 11) is -2.26. The molecule has 0 amide bonds. The lowest BCUT2D eigenvalue weighted by atomic mass is 10.1. The van der Waals surface area contributed by atoms with Crippen molar-refractivity contribution in [2.24, 2.45) is 0 Å². The van der Waals surface area contributed by atoms with Gasteiger partial charge in [0.15, 0.2) is 0 Å². The highest BCUT2D eigenvalue weighted by molar-refractivity contribution is 4.62. The first-order valence-corrected chi connectivity index (χ1v) is 2.47. The Morgan fingerprint density at radius 1 is 1.71 bits per heavy atom. The third-order valence-corrected chi connectivity index (χ3v) is 1.13. The Bertz CT molecular complexity index is 106. The van der Waals surface area contributed by atoms with Crippen LogP contribution in [0.2, 0.25) is 0 Å². The van der Waals surface area contributed by atoms with Crippen LogP contribution in [0.1, 0.15) is 31.3 Å². The molecule has 0 spiro atoms. The summed E-state index contributed by atoms with van der Waals surface area (Å²) in [5, 5.41) is 0. The van der Waals surface area contributed by atoms with E-state index in [-0.39, 0.29) is 0 Å². The molecule has 0 aliphatic heterocycles. The van der Waals surface area contributed by atoms with Crippen molar-refractivity contribution in [2.75, 3.05) is 7.04 Å². The minimum Gasteiger partial charge on any atom is -0.379 e. The third kappa shape index (κ3) is 2.63. The Labute approximate surface area is 49.9 Å². The molecule has 0 bridgehead atoms. The predicted octanol–water partition coefficient (Wildman–Crippen LogP) is 1.82. The molecule has 0 atom stereocenters. The lowest BCUT2D eigenvalue weighted by Crippen LogP contribution is -2.20. The van der Waals surface area contributed by atoms with Crippen LogP contribution in [0, 0.1) is 0 Å². The quantitative estimate of drug-likeness (QED) is 0.520. The second kappa shape index (κ2) is 2.31. The van der Waals surface area contributed by atoms with Crippen molar-refractivity contribution in [1.82, 2.24) is 0 Å². The molecule has 0 heterocycles. The molecule has 0 aliphatic rings. The summed E-state index contributed by atoms with van der Waals surface area (Å²) in [5.74, 6) is 0. The highest BCUT2D eigenvalue weighted by Crippen LogP contribution is 2.10. The van der Waals surface area contributed by atoms with Crippen LogP contribution >= 0.6 is 0 Å². The topological polar surface area (TPSA) is 9.23 Å². The SMILES string of the molecule is [2H]C([2H])([2H])OC(C)(C)CC. The molecule has 0 aromatic rings. The Morgan fingerprint density at radius 2 is 2.29 bits per heavy atom. The minimum atomic E-state index is -2.26. The maximum atomic E-state index is 6.80. The average Bonchev–Trinajstić information content (AvgIpc) is 1.60.